The van der Waals surface area contributed by atoms with Gasteiger partial charge in [-0.05, 0) is 69.0 Å². The van der Waals surface area contributed by atoms with Crippen molar-refractivity contribution in [2.45, 2.75) is 38.6 Å². The van der Waals surface area contributed by atoms with E-state index in [4.69, 9.17) is 8.94 Å². The molecule has 33 heavy (non-hydrogen) atoms. The second-order valence-corrected chi connectivity index (χ2v) is 9.23. The van der Waals surface area contributed by atoms with Crippen LogP contribution in [0.2, 0.25) is 0 Å². The van der Waals surface area contributed by atoms with Crippen LogP contribution in [0.25, 0.3) is 22.8 Å². The Hall–Kier alpha value is -3.39. The Bertz CT molecular complexity index is 1290. The summed E-state index contributed by atoms with van der Waals surface area (Å²) in [5, 5.41) is 12.6. The van der Waals surface area contributed by atoms with Crippen LogP contribution in [0, 0.1) is 18.2 Å². The smallest absolute Gasteiger partial charge is 0.247 e. The molecule has 7 nitrogen and oxygen atoms in total. The van der Waals surface area contributed by atoms with Gasteiger partial charge in [0, 0.05) is 17.0 Å². The standard InChI is InChI=1S/C25H24FN5O2/c1-16-4-2-5-17(12-16)22-27-21(33-30-22)15-31-10-8-25(9-11-31)14-20(25)24-29-28-23(32-24)18-6-3-7-19(26)13-18/h2-7,12-13,20H,8-11,14-15H2,1H3/t20-/m0/s1. The first-order chi connectivity index (χ1) is 16.1. The number of piperidine rings is 1. The van der Waals surface area contributed by atoms with Crippen LogP contribution >= 0.6 is 0 Å². The topological polar surface area (TPSA) is 81.1 Å². The third-order valence-corrected chi connectivity index (χ3v) is 6.96. The number of hydrogen-bond donors (Lipinski definition) is 0. The van der Waals surface area contributed by atoms with E-state index < -0.39 is 0 Å². The zero-order chi connectivity index (χ0) is 22.4. The van der Waals surface area contributed by atoms with Gasteiger partial charge in [-0.2, -0.15) is 4.98 Å². The lowest BCUT2D eigenvalue weighted by molar-refractivity contribution is 0.144. The normalized spacial score (nSPS) is 19.8. The fraction of sp³-hybridized carbons (Fsp3) is 0.360. The van der Waals surface area contributed by atoms with Gasteiger partial charge in [0.1, 0.15) is 5.82 Å². The highest BCUT2D eigenvalue weighted by atomic mass is 19.1. The third-order valence-electron chi connectivity index (χ3n) is 6.96. The average Bonchev–Trinajstić information content (AvgIpc) is 3.18. The van der Waals surface area contributed by atoms with Crippen LogP contribution in [0.15, 0.2) is 57.5 Å². The molecule has 168 valence electrons. The molecule has 3 heterocycles. The van der Waals surface area contributed by atoms with E-state index in [-0.39, 0.29) is 17.2 Å². The molecule has 0 amide bonds. The highest BCUT2D eigenvalue weighted by molar-refractivity contribution is 5.55. The molecule has 2 aliphatic rings. The molecule has 1 saturated heterocycles. The molecular formula is C25H24FN5O2. The minimum atomic E-state index is -0.310. The van der Waals surface area contributed by atoms with Crippen LogP contribution in [0.4, 0.5) is 4.39 Å². The van der Waals surface area contributed by atoms with Crippen molar-refractivity contribution in [1.29, 1.82) is 0 Å². The van der Waals surface area contributed by atoms with Gasteiger partial charge in [-0.1, -0.05) is 35.0 Å². The van der Waals surface area contributed by atoms with Gasteiger partial charge in [-0.25, -0.2) is 4.39 Å². The van der Waals surface area contributed by atoms with Gasteiger partial charge in [0.2, 0.25) is 23.5 Å². The summed E-state index contributed by atoms with van der Waals surface area (Å²) in [6.45, 7) is 4.63. The molecule has 1 aliphatic heterocycles. The summed E-state index contributed by atoms with van der Waals surface area (Å²) >= 11 is 0. The minimum absolute atomic E-state index is 0.226. The summed E-state index contributed by atoms with van der Waals surface area (Å²) in [7, 11) is 0. The monoisotopic (exact) mass is 445 g/mol. The van der Waals surface area contributed by atoms with Gasteiger partial charge in [0.25, 0.3) is 0 Å². The van der Waals surface area contributed by atoms with Crippen molar-refractivity contribution in [3.05, 3.63) is 71.7 Å². The third kappa shape index (κ3) is 3.95. The first-order valence-corrected chi connectivity index (χ1v) is 11.3. The second-order valence-electron chi connectivity index (χ2n) is 9.23. The molecule has 2 aromatic carbocycles. The molecule has 1 atom stereocenters. The molecule has 0 unspecified atom stereocenters. The lowest BCUT2D eigenvalue weighted by Gasteiger charge is -2.31. The number of halogens is 1. The van der Waals surface area contributed by atoms with Crippen LogP contribution in [0.5, 0.6) is 0 Å². The Morgan fingerprint density at radius 3 is 2.70 bits per heavy atom. The van der Waals surface area contributed by atoms with E-state index in [1.165, 1.54) is 17.7 Å². The van der Waals surface area contributed by atoms with Gasteiger partial charge in [0.15, 0.2) is 0 Å². The first-order valence-electron chi connectivity index (χ1n) is 11.3. The Balaban J connectivity index is 1.07. The van der Waals surface area contributed by atoms with Crippen molar-refractivity contribution in [3.63, 3.8) is 0 Å². The quantitative estimate of drug-likeness (QED) is 0.427. The molecule has 0 radical (unpaired) electrons. The van der Waals surface area contributed by atoms with Gasteiger partial charge < -0.3 is 8.94 Å². The van der Waals surface area contributed by atoms with E-state index >= 15 is 0 Å². The van der Waals surface area contributed by atoms with Gasteiger partial charge in [-0.15, -0.1) is 10.2 Å². The van der Waals surface area contributed by atoms with Crippen LogP contribution in [-0.2, 0) is 6.54 Å². The number of hydrogen-bond acceptors (Lipinski definition) is 7. The number of benzene rings is 2. The molecule has 1 saturated carbocycles. The predicted octanol–water partition coefficient (Wildman–Crippen LogP) is 5.00. The van der Waals surface area contributed by atoms with Crippen LogP contribution < -0.4 is 0 Å². The predicted molar refractivity (Wildman–Crippen MR) is 118 cm³/mol. The fourth-order valence-corrected chi connectivity index (χ4v) is 4.93. The summed E-state index contributed by atoms with van der Waals surface area (Å²) in [5.74, 6) is 2.30. The van der Waals surface area contributed by atoms with Gasteiger partial charge in [0.05, 0.1) is 6.54 Å². The molecule has 1 aliphatic carbocycles. The molecule has 2 fully saturated rings. The van der Waals surface area contributed by atoms with Crippen LogP contribution in [0.1, 0.15) is 42.5 Å². The van der Waals surface area contributed by atoms with Crippen molar-refractivity contribution < 1.29 is 13.3 Å². The lowest BCUT2D eigenvalue weighted by Crippen LogP contribution is -2.34. The van der Waals surface area contributed by atoms with Gasteiger partial charge >= 0.3 is 0 Å². The summed E-state index contributed by atoms with van der Waals surface area (Å²) in [6.07, 6.45) is 3.19. The number of rotatable bonds is 5. The van der Waals surface area contributed by atoms with Crippen molar-refractivity contribution in [3.8, 4) is 22.8 Å². The van der Waals surface area contributed by atoms with Gasteiger partial charge in [-0.3, -0.25) is 4.90 Å². The average molecular weight is 445 g/mol. The van der Waals surface area contributed by atoms with Crippen LogP contribution in [0.3, 0.4) is 0 Å². The fourth-order valence-electron chi connectivity index (χ4n) is 4.93. The molecule has 0 N–H and O–H groups in total. The molecular weight excluding hydrogens is 421 g/mol. The van der Waals surface area contributed by atoms with Crippen molar-refractivity contribution in [1.82, 2.24) is 25.2 Å². The van der Waals surface area contributed by atoms with E-state index in [1.807, 2.05) is 12.1 Å². The van der Waals surface area contributed by atoms with E-state index in [9.17, 15) is 4.39 Å². The van der Waals surface area contributed by atoms with E-state index in [0.717, 1.165) is 37.9 Å². The molecule has 2 aromatic heterocycles. The maximum atomic E-state index is 13.5. The summed E-state index contributed by atoms with van der Waals surface area (Å²) < 4.78 is 24.9. The maximum absolute atomic E-state index is 13.5. The molecule has 0 bridgehead atoms. The summed E-state index contributed by atoms with van der Waals surface area (Å²) in [5.41, 5.74) is 2.98. The lowest BCUT2D eigenvalue weighted by atomic mass is 9.91. The number of nitrogens with zero attached hydrogens (tertiary/aromatic N) is 5. The zero-order valence-electron chi connectivity index (χ0n) is 18.4. The number of likely N-dealkylation sites (tertiary alicyclic amines) is 1. The van der Waals surface area contributed by atoms with E-state index in [1.54, 1.807) is 12.1 Å². The van der Waals surface area contributed by atoms with E-state index in [0.29, 0.717) is 35.6 Å². The van der Waals surface area contributed by atoms with Crippen LogP contribution in [-0.4, -0.2) is 38.3 Å². The Morgan fingerprint density at radius 1 is 1.06 bits per heavy atom. The van der Waals surface area contributed by atoms with Crippen molar-refractivity contribution in [2.75, 3.05) is 13.1 Å². The highest BCUT2D eigenvalue weighted by Gasteiger charge is 2.58. The Labute approximate surface area is 190 Å². The summed E-state index contributed by atoms with van der Waals surface area (Å²) in [6, 6.07) is 14.4. The molecule has 1 spiro atoms. The highest BCUT2D eigenvalue weighted by Crippen LogP contribution is 2.64. The molecule has 8 heteroatoms. The summed E-state index contributed by atoms with van der Waals surface area (Å²) in [4.78, 5) is 6.95. The largest absolute Gasteiger partial charge is 0.420 e. The number of aryl methyl sites for hydroxylation is 1. The second kappa shape index (κ2) is 7.88. The Kier molecular flexibility index (Phi) is 4.83. The zero-order valence-corrected chi connectivity index (χ0v) is 18.4. The van der Waals surface area contributed by atoms with E-state index in [2.05, 4.69) is 44.3 Å². The minimum Gasteiger partial charge on any atom is -0.420 e. The molecule has 4 aromatic rings. The Morgan fingerprint density at radius 2 is 1.88 bits per heavy atom. The van der Waals surface area contributed by atoms with Crippen molar-refractivity contribution >= 4 is 0 Å². The molecule has 6 rings (SSSR count). The first kappa shape index (κ1) is 20.2. The van der Waals surface area contributed by atoms with Crippen molar-refractivity contribution in [2.24, 2.45) is 5.41 Å². The maximum Gasteiger partial charge on any atom is 0.247 e. The SMILES string of the molecule is Cc1cccc(-c2noc(CN3CCC4(CC3)C[C@H]4c3nnc(-c4cccc(F)c4)o3)n2)c1. The number of aromatic nitrogens is 4.